The molecule has 0 aliphatic carbocycles. The summed E-state index contributed by atoms with van der Waals surface area (Å²) in [5.74, 6) is 2.76. The number of nitrogens with zero attached hydrogens (tertiary/aromatic N) is 2. The lowest BCUT2D eigenvalue weighted by Gasteiger charge is -2.11. The fraction of sp³-hybridized carbons (Fsp3) is 0.353. The van der Waals surface area contributed by atoms with E-state index in [1.54, 1.807) is 0 Å². The average Bonchev–Trinajstić information content (AvgIpc) is 2.77. The largest absolute Gasteiger partial charge is 0.299 e. The molecule has 2 aromatic rings. The Hall–Kier alpha value is -2.05. The van der Waals surface area contributed by atoms with Gasteiger partial charge in [0.2, 0.25) is 0 Å². The van der Waals surface area contributed by atoms with E-state index in [1.807, 2.05) is 29.8 Å². The van der Waals surface area contributed by atoms with Crippen LogP contribution in [0, 0.1) is 26.2 Å². The Labute approximate surface area is 121 Å². The highest BCUT2D eigenvalue weighted by Crippen LogP contribution is 2.17. The average molecular weight is 267 g/mol. The van der Waals surface area contributed by atoms with Crippen molar-refractivity contribution in [3.05, 3.63) is 47.3 Å². The first kappa shape index (κ1) is 14.4. The van der Waals surface area contributed by atoms with Crippen molar-refractivity contribution in [3.63, 3.8) is 0 Å². The number of nitrogens with one attached hydrogen (secondary N) is 1. The lowest BCUT2D eigenvalue weighted by Crippen LogP contribution is -2.26. The highest BCUT2D eigenvalue weighted by Gasteiger charge is 2.13. The Bertz CT molecular complexity index is 605. The molecule has 1 heterocycles. The lowest BCUT2D eigenvalue weighted by molar-refractivity contribution is 0.590. The summed E-state index contributed by atoms with van der Waals surface area (Å²) in [5, 5.41) is 8.03. The zero-order valence-corrected chi connectivity index (χ0v) is 12.4. The number of hydrogen-bond acceptors (Lipinski definition) is 2. The van der Waals surface area contributed by atoms with Crippen LogP contribution in [0.2, 0.25) is 0 Å². The van der Waals surface area contributed by atoms with Crippen LogP contribution in [0.5, 0.6) is 0 Å². The number of aromatic nitrogens is 2. The summed E-state index contributed by atoms with van der Waals surface area (Å²) in [6.45, 7) is 6.99. The molecular weight excluding hydrogens is 246 g/mol. The van der Waals surface area contributed by atoms with Crippen molar-refractivity contribution >= 4 is 0 Å². The van der Waals surface area contributed by atoms with Gasteiger partial charge in [0, 0.05) is 17.8 Å². The molecule has 0 aliphatic heterocycles. The van der Waals surface area contributed by atoms with Gasteiger partial charge in [0.05, 0.1) is 17.4 Å². The van der Waals surface area contributed by atoms with Gasteiger partial charge < -0.3 is 0 Å². The molecular formula is C17H21N3. The van der Waals surface area contributed by atoms with Crippen LogP contribution < -0.4 is 5.32 Å². The molecule has 0 radical (unpaired) electrons. The molecule has 0 spiro atoms. The molecule has 1 atom stereocenters. The molecule has 0 aliphatic rings. The monoisotopic (exact) mass is 267 g/mol. The number of benzene rings is 1. The first-order chi connectivity index (χ1) is 9.67. The quantitative estimate of drug-likeness (QED) is 0.844. The molecule has 3 nitrogen and oxygen atoms in total. The van der Waals surface area contributed by atoms with Crippen molar-refractivity contribution in [1.29, 1.82) is 0 Å². The van der Waals surface area contributed by atoms with E-state index >= 15 is 0 Å². The summed E-state index contributed by atoms with van der Waals surface area (Å²) in [4.78, 5) is 0. The van der Waals surface area contributed by atoms with Gasteiger partial charge in [0.15, 0.2) is 0 Å². The zero-order chi connectivity index (χ0) is 14.5. The molecule has 1 unspecified atom stereocenters. The second-order valence-electron chi connectivity index (χ2n) is 4.91. The van der Waals surface area contributed by atoms with Crippen LogP contribution in [-0.2, 0) is 6.54 Å². The smallest absolute Gasteiger partial charge is 0.0686 e. The van der Waals surface area contributed by atoms with E-state index in [1.165, 1.54) is 5.56 Å². The van der Waals surface area contributed by atoms with Crippen molar-refractivity contribution in [1.82, 2.24) is 15.1 Å². The number of hydrogen-bond donors (Lipinski definition) is 1. The fourth-order valence-electron chi connectivity index (χ4n) is 2.30. The van der Waals surface area contributed by atoms with Gasteiger partial charge in [-0.05, 0) is 32.4 Å². The minimum Gasteiger partial charge on any atom is -0.299 e. The third kappa shape index (κ3) is 2.92. The van der Waals surface area contributed by atoms with Crippen molar-refractivity contribution in [2.75, 3.05) is 0 Å². The molecule has 0 saturated carbocycles. The molecule has 1 aromatic carbocycles. The fourth-order valence-corrected chi connectivity index (χ4v) is 2.30. The van der Waals surface area contributed by atoms with Crippen LogP contribution in [0.3, 0.4) is 0 Å². The highest BCUT2D eigenvalue weighted by atomic mass is 15.3. The maximum atomic E-state index is 5.49. The minimum absolute atomic E-state index is 0.119. The molecule has 0 saturated heterocycles. The minimum atomic E-state index is 0.119. The van der Waals surface area contributed by atoms with E-state index in [4.69, 9.17) is 6.42 Å². The predicted octanol–water partition coefficient (Wildman–Crippen LogP) is 2.99. The number of para-hydroxylation sites is 1. The summed E-state index contributed by atoms with van der Waals surface area (Å²) >= 11 is 0. The topological polar surface area (TPSA) is 29.9 Å². The van der Waals surface area contributed by atoms with E-state index in [0.29, 0.717) is 0 Å². The Morgan fingerprint density at radius 1 is 1.30 bits per heavy atom. The Kier molecular flexibility index (Phi) is 4.60. The highest BCUT2D eigenvalue weighted by molar-refractivity contribution is 5.36. The van der Waals surface area contributed by atoms with Gasteiger partial charge in [-0.25, -0.2) is 4.68 Å². The van der Waals surface area contributed by atoms with Gasteiger partial charge in [-0.1, -0.05) is 31.0 Å². The standard InChI is InChI=1S/C17H21N3/c1-5-15(6-2)18-12-17-13(3)19-20(14(17)4)16-10-8-7-9-11-16/h1,7-11,15,18H,6,12H2,2-4H3. The van der Waals surface area contributed by atoms with Gasteiger partial charge in [-0.2, -0.15) is 5.10 Å². The Balaban J connectivity index is 2.24. The Morgan fingerprint density at radius 3 is 2.60 bits per heavy atom. The molecule has 0 fully saturated rings. The zero-order valence-electron chi connectivity index (χ0n) is 12.4. The van der Waals surface area contributed by atoms with Crippen LogP contribution in [0.15, 0.2) is 30.3 Å². The van der Waals surface area contributed by atoms with Crippen LogP contribution >= 0.6 is 0 Å². The lowest BCUT2D eigenvalue weighted by atomic mass is 10.1. The van der Waals surface area contributed by atoms with Gasteiger partial charge >= 0.3 is 0 Å². The number of aryl methyl sites for hydroxylation is 1. The van der Waals surface area contributed by atoms with Crippen molar-refractivity contribution in [2.45, 2.75) is 39.8 Å². The van der Waals surface area contributed by atoms with Gasteiger partial charge in [-0.3, -0.25) is 5.32 Å². The molecule has 20 heavy (non-hydrogen) atoms. The normalized spacial score (nSPS) is 12.1. The second-order valence-corrected chi connectivity index (χ2v) is 4.91. The van der Waals surface area contributed by atoms with Crippen LogP contribution in [-0.4, -0.2) is 15.8 Å². The summed E-state index contributed by atoms with van der Waals surface area (Å²) in [5.41, 5.74) is 4.52. The van der Waals surface area contributed by atoms with E-state index in [2.05, 4.69) is 42.3 Å². The second kappa shape index (κ2) is 6.40. The van der Waals surface area contributed by atoms with E-state index in [0.717, 1.165) is 30.0 Å². The maximum Gasteiger partial charge on any atom is 0.0686 e. The van der Waals surface area contributed by atoms with Gasteiger partial charge in [0.25, 0.3) is 0 Å². The van der Waals surface area contributed by atoms with Crippen LogP contribution in [0.25, 0.3) is 5.69 Å². The maximum absolute atomic E-state index is 5.49. The molecule has 0 amide bonds. The van der Waals surface area contributed by atoms with E-state index < -0.39 is 0 Å². The molecule has 0 bridgehead atoms. The van der Waals surface area contributed by atoms with E-state index in [9.17, 15) is 0 Å². The molecule has 1 N–H and O–H groups in total. The first-order valence-electron chi connectivity index (χ1n) is 6.97. The van der Waals surface area contributed by atoms with Crippen molar-refractivity contribution < 1.29 is 0 Å². The van der Waals surface area contributed by atoms with Gasteiger partial charge in [-0.15, -0.1) is 6.42 Å². The summed E-state index contributed by atoms with van der Waals surface area (Å²) in [7, 11) is 0. The van der Waals surface area contributed by atoms with E-state index in [-0.39, 0.29) is 6.04 Å². The first-order valence-corrected chi connectivity index (χ1v) is 6.97. The molecule has 3 heteroatoms. The third-order valence-corrected chi connectivity index (χ3v) is 3.58. The predicted molar refractivity (Wildman–Crippen MR) is 82.8 cm³/mol. The van der Waals surface area contributed by atoms with Crippen LogP contribution in [0.4, 0.5) is 0 Å². The number of rotatable bonds is 5. The summed E-state index contributed by atoms with van der Waals surface area (Å²) in [6, 6.07) is 10.3. The van der Waals surface area contributed by atoms with Crippen molar-refractivity contribution in [3.8, 4) is 18.0 Å². The SMILES string of the molecule is C#CC(CC)NCc1c(C)nn(-c2ccccc2)c1C. The number of terminal acetylenes is 1. The molecule has 2 rings (SSSR count). The van der Waals surface area contributed by atoms with Crippen molar-refractivity contribution in [2.24, 2.45) is 0 Å². The summed E-state index contributed by atoms with van der Waals surface area (Å²) in [6.07, 6.45) is 6.42. The van der Waals surface area contributed by atoms with Crippen LogP contribution in [0.1, 0.15) is 30.3 Å². The van der Waals surface area contributed by atoms with Gasteiger partial charge in [0.1, 0.15) is 0 Å². The third-order valence-electron chi connectivity index (χ3n) is 3.58. The Morgan fingerprint density at radius 2 is 2.00 bits per heavy atom. The summed E-state index contributed by atoms with van der Waals surface area (Å²) < 4.78 is 1.99. The molecule has 104 valence electrons. The molecule has 1 aromatic heterocycles.